The molecule has 1 heterocycles. The maximum absolute atomic E-state index is 9.58. The van der Waals surface area contributed by atoms with E-state index in [0.717, 1.165) is 22.4 Å². The highest BCUT2D eigenvalue weighted by molar-refractivity contribution is 5.89. The Bertz CT molecular complexity index is 859. The summed E-state index contributed by atoms with van der Waals surface area (Å²) in [5.74, 6) is 1.34. The zero-order valence-electron chi connectivity index (χ0n) is 13.6. The third kappa shape index (κ3) is 2.79. The molecule has 0 fully saturated rings. The van der Waals surface area contributed by atoms with Crippen LogP contribution in [0.5, 0.6) is 11.5 Å². The lowest BCUT2D eigenvalue weighted by atomic mass is 10.0. The van der Waals surface area contributed by atoms with Crippen LogP contribution in [0.25, 0.3) is 22.2 Å². The molecule has 3 rings (SSSR count). The number of aliphatic hydroxyl groups is 2. The topological polar surface area (TPSA) is 71.8 Å². The highest BCUT2D eigenvalue weighted by atomic mass is 16.5. The van der Waals surface area contributed by atoms with Crippen LogP contribution in [0.3, 0.4) is 0 Å². The number of fused-ring (bicyclic) bond motifs is 1. The van der Waals surface area contributed by atoms with E-state index >= 15 is 0 Å². The lowest BCUT2D eigenvalue weighted by Gasteiger charge is -2.14. The average Bonchev–Trinajstić information content (AvgIpc) is 2.65. The van der Waals surface area contributed by atoms with E-state index < -0.39 is 0 Å². The molecule has 5 heteroatoms. The Labute approximate surface area is 140 Å². The fourth-order valence-electron chi connectivity index (χ4n) is 2.81. The van der Waals surface area contributed by atoms with Gasteiger partial charge in [0.1, 0.15) is 11.5 Å². The van der Waals surface area contributed by atoms with E-state index in [0.29, 0.717) is 22.4 Å². The smallest absolute Gasteiger partial charge is 0.134 e. The van der Waals surface area contributed by atoms with Crippen LogP contribution in [0.1, 0.15) is 11.1 Å². The van der Waals surface area contributed by atoms with Crippen molar-refractivity contribution in [1.82, 2.24) is 4.98 Å². The van der Waals surface area contributed by atoms with Gasteiger partial charge < -0.3 is 19.7 Å². The fraction of sp³-hybridized carbons (Fsp3) is 0.211. The number of aromatic nitrogens is 1. The van der Waals surface area contributed by atoms with Gasteiger partial charge in [-0.25, -0.2) is 4.98 Å². The molecular formula is C19H19NO4. The van der Waals surface area contributed by atoms with Gasteiger partial charge in [-0.1, -0.05) is 0 Å². The maximum atomic E-state index is 9.58. The molecule has 0 aliphatic rings. The summed E-state index contributed by atoms with van der Waals surface area (Å²) in [6.45, 7) is -0.383. The lowest BCUT2D eigenvalue weighted by Crippen LogP contribution is -2.01. The normalized spacial score (nSPS) is 10.8. The summed E-state index contributed by atoms with van der Waals surface area (Å²) in [4.78, 5) is 4.68. The number of rotatable bonds is 5. The molecule has 1 aromatic heterocycles. The number of hydrogen-bond donors (Lipinski definition) is 2. The highest BCUT2D eigenvalue weighted by Gasteiger charge is 2.14. The molecule has 0 atom stereocenters. The standard InChI is InChI=1S/C19H19NO4/c1-23-14-5-3-12(4-6-14)17-8-7-15-18(20-17)9-13(10-21)16(11-22)19(15)24-2/h3-9,21-22H,10-11H2,1-2H3. The van der Waals surface area contributed by atoms with E-state index in [-0.39, 0.29) is 13.2 Å². The van der Waals surface area contributed by atoms with E-state index in [1.807, 2.05) is 36.4 Å². The minimum Gasteiger partial charge on any atom is -0.497 e. The summed E-state index contributed by atoms with van der Waals surface area (Å²) < 4.78 is 10.6. The molecule has 0 aliphatic heterocycles. The molecule has 124 valence electrons. The Morgan fingerprint density at radius 1 is 0.917 bits per heavy atom. The van der Waals surface area contributed by atoms with Crippen molar-refractivity contribution in [3.63, 3.8) is 0 Å². The van der Waals surface area contributed by atoms with Gasteiger partial charge in [-0.15, -0.1) is 0 Å². The molecule has 0 saturated carbocycles. The summed E-state index contributed by atoms with van der Waals surface area (Å²) in [5, 5.41) is 19.9. The van der Waals surface area contributed by atoms with E-state index in [2.05, 4.69) is 4.98 Å². The quantitative estimate of drug-likeness (QED) is 0.755. The van der Waals surface area contributed by atoms with Crippen molar-refractivity contribution in [3.05, 3.63) is 53.6 Å². The van der Waals surface area contributed by atoms with Crippen LogP contribution in [0.4, 0.5) is 0 Å². The summed E-state index contributed by atoms with van der Waals surface area (Å²) in [6.07, 6.45) is 0. The Kier molecular flexibility index (Phi) is 4.64. The first-order valence-corrected chi connectivity index (χ1v) is 7.57. The molecule has 5 nitrogen and oxygen atoms in total. The Balaban J connectivity index is 2.16. The Morgan fingerprint density at radius 3 is 2.25 bits per heavy atom. The van der Waals surface area contributed by atoms with Gasteiger partial charge in [-0.3, -0.25) is 0 Å². The van der Waals surface area contributed by atoms with E-state index in [4.69, 9.17) is 9.47 Å². The van der Waals surface area contributed by atoms with Crippen molar-refractivity contribution < 1.29 is 19.7 Å². The number of hydrogen-bond acceptors (Lipinski definition) is 5. The first kappa shape index (κ1) is 16.2. The third-order valence-corrected chi connectivity index (χ3v) is 4.06. The molecule has 0 aliphatic carbocycles. The van der Waals surface area contributed by atoms with Gasteiger partial charge in [-0.05, 0) is 48.0 Å². The molecule has 0 bridgehead atoms. The molecule has 24 heavy (non-hydrogen) atoms. The first-order valence-electron chi connectivity index (χ1n) is 7.57. The number of aliphatic hydroxyl groups excluding tert-OH is 2. The van der Waals surface area contributed by atoms with Gasteiger partial charge in [0.2, 0.25) is 0 Å². The van der Waals surface area contributed by atoms with Crippen LogP contribution >= 0.6 is 0 Å². The zero-order valence-corrected chi connectivity index (χ0v) is 13.6. The van der Waals surface area contributed by atoms with Crippen molar-refractivity contribution in [1.29, 1.82) is 0 Å². The second-order valence-electron chi connectivity index (χ2n) is 5.36. The second kappa shape index (κ2) is 6.86. The number of methoxy groups -OCH3 is 2. The van der Waals surface area contributed by atoms with Gasteiger partial charge in [0.15, 0.2) is 0 Å². The minimum atomic E-state index is -0.199. The van der Waals surface area contributed by atoms with Crippen molar-refractivity contribution in [2.45, 2.75) is 13.2 Å². The largest absolute Gasteiger partial charge is 0.497 e. The Morgan fingerprint density at radius 2 is 1.67 bits per heavy atom. The number of ether oxygens (including phenoxy) is 2. The predicted octanol–water partition coefficient (Wildman–Crippen LogP) is 2.90. The number of nitrogens with zero attached hydrogens (tertiary/aromatic N) is 1. The van der Waals surface area contributed by atoms with Gasteiger partial charge in [0.25, 0.3) is 0 Å². The molecular weight excluding hydrogens is 306 g/mol. The molecule has 0 radical (unpaired) electrons. The maximum Gasteiger partial charge on any atom is 0.134 e. The fourth-order valence-corrected chi connectivity index (χ4v) is 2.81. The Hall–Kier alpha value is -2.63. The summed E-state index contributed by atoms with van der Waals surface area (Å²) in [5.41, 5.74) is 3.69. The van der Waals surface area contributed by atoms with E-state index in [9.17, 15) is 10.2 Å². The van der Waals surface area contributed by atoms with E-state index in [1.54, 1.807) is 20.3 Å². The molecule has 0 saturated heterocycles. The van der Waals surface area contributed by atoms with Crippen molar-refractivity contribution in [3.8, 4) is 22.8 Å². The second-order valence-corrected chi connectivity index (χ2v) is 5.36. The van der Waals surface area contributed by atoms with Crippen molar-refractivity contribution in [2.24, 2.45) is 0 Å². The van der Waals surface area contributed by atoms with Crippen LogP contribution in [0.2, 0.25) is 0 Å². The summed E-state index contributed by atoms with van der Waals surface area (Å²) in [6, 6.07) is 13.3. The predicted molar refractivity (Wildman–Crippen MR) is 92.1 cm³/mol. The molecule has 0 amide bonds. The summed E-state index contributed by atoms with van der Waals surface area (Å²) >= 11 is 0. The zero-order chi connectivity index (χ0) is 17.1. The highest BCUT2D eigenvalue weighted by Crippen LogP contribution is 2.34. The number of pyridine rings is 1. The molecule has 0 spiro atoms. The molecule has 2 aromatic carbocycles. The number of benzene rings is 2. The monoisotopic (exact) mass is 325 g/mol. The van der Waals surface area contributed by atoms with Crippen molar-refractivity contribution in [2.75, 3.05) is 14.2 Å². The van der Waals surface area contributed by atoms with Crippen LogP contribution < -0.4 is 9.47 Å². The SMILES string of the molecule is COc1ccc(-c2ccc3c(OC)c(CO)c(CO)cc3n2)cc1. The van der Waals surface area contributed by atoms with Gasteiger partial charge in [0, 0.05) is 16.5 Å². The van der Waals surface area contributed by atoms with Crippen LogP contribution in [0.15, 0.2) is 42.5 Å². The van der Waals surface area contributed by atoms with Crippen molar-refractivity contribution >= 4 is 10.9 Å². The third-order valence-electron chi connectivity index (χ3n) is 4.06. The summed E-state index contributed by atoms with van der Waals surface area (Å²) in [7, 11) is 3.18. The van der Waals surface area contributed by atoms with Crippen LogP contribution in [0, 0.1) is 0 Å². The molecule has 0 unspecified atom stereocenters. The van der Waals surface area contributed by atoms with Gasteiger partial charge in [-0.2, -0.15) is 0 Å². The lowest BCUT2D eigenvalue weighted by molar-refractivity contribution is 0.254. The molecule has 3 aromatic rings. The minimum absolute atomic E-state index is 0.184. The first-order chi connectivity index (χ1) is 11.7. The molecule has 2 N–H and O–H groups in total. The van der Waals surface area contributed by atoms with Crippen LogP contribution in [-0.4, -0.2) is 29.4 Å². The van der Waals surface area contributed by atoms with Crippen LogP contribution in [-0.2, 0) is 13.2 Å². The van der Waals surface area contributed by atoms with Gasteiger partial charge >= 0.3 is 0 Å². The average molecular weight is 325 g/mol. The van der Waals surface area contributed by atoms with E-state index in [1.165, 1.54) is 0 Å². The van der Waals surface area contributed by atoms with Gasteiger partial charge in [0.05, 0.1) is 38.6 Å².